The summed E-state index contributed by atoms with van der Waals surface area (Å²) in [5.74, 6) is -0.260. The van der Waals surface area contributed by atoms with Crippen LogP contribution in [0.25, 0.3) is 37.6 Å². The van der Waals surface area contributed by atoms with Gasteiger partial charge < -0.3 is 40.7 Å². The molecule has 11 nitrogen and oxygen atoms in total. The number of nitrogens with two attached hydrogens (primary N) is 2. The van der Waals surface area contributed by atoms with Crippen LogP contribution < -0.4 is 43.7 Å². The van der Waals surface area contributed by atoms with Crippen molar-refractivity contribution in [1.82, 2.24) is 13.7 Å². The monoisotopic (exact) mass is 1380 g/mol. The molecule has 4 heterocycles. The van der Waals surface area contributed by atoms with Gasteiger partial charge >= 0.3 is 0 Å². The Bertz CT molecular complexity index is 5010. The fraction of sp³-hybridized carbons (Fsp3) is 0.150. The number of pyridine rings is 3. The minimum Gasteiger partial charge on any atom is -0.399 e. The average Bonchev–Trinajstić information content (AvgIpc) is 0.801. The molecule has 6 N–H and O–H groups in total. The minimum absolute atomic E-state index is 0.00805. The molecule has 0 fully saturated rings. The van der Waals surface area contributed by atoms with Gasteiger partial charge in [0.05, 0.1) is 16.6 Å². The van der Waals surface area contributed by atoms with Crippen molar-refractivity contribution in [3.05, 3.63) is 300 Å². The summed E-state index contributed by atoms with van der Waals surface area (Å²) in [4.78, 5) is 47.2. The van der Waals surface area contributed by atoms with Crippen LogP contribution >= 0.6 is 59.3 Å². The first kappa shape index (κ1) is 70.3. The summed E-state index contributed by atoms with van der Waals surface area (Å²) in [7, 11) is 7.47. The van der Waals surface area contributed by atoms with E-state index in [1.54, 1.807) is 86.4 Å². The number of thioether (sulfide) groups is 1. The summed E-state index contributed by atoms with van der Waals surface area (Å²) >= 11 is 11.8. The quantitative estimate of drug-likeness (QED) is 0.0721. The molecule has 0 radical (unpaired) electrons. The highest BCUT2D eigenvalue weighted by Gasteiger charge is 2.21. The van der Waals surface area contributed by atoms with Gasteiger partial charge in [-0.3, -0.25) is 14.4 Å². The maximum absolute atomic E-state index is 13.0. The maximum Gasteiger partial charge on any atom is 0.251 e. The molecule has 0 atom stereocenters. The summed E-state index contributed by atoms with van der Waals surface area (Å²) < 4.78 is 18.1. The van der Waals surface area contributed by atoms with E-state index in [9.17, 15) is 18.8 Å². The van der Waals surface area contributed by atoms with Gasteiger partial charge in [-0.2, -0.15) is 0 Å². The fourth-order valence-electron chi connectivity index (χ4n) is 10.6. The molecule has 1 aliphatic heterocycles. The summed E-state index contributed by atoms with van der Waals surface area (Å²) in [6.07, 6.45) is 3.19. The van der Waals surface area contributed by atoms with E-state index >= 15 is 0 Å². The third kappa shape index (κ3) is 17.4. The van der Waals surface area contributed by atoms with E-state index in [1.165, 1.54) is 78.3 Å². The van der Waals surface area contributed by atoms with Crippen LogP contribution in [0.2, 0.25) is 0 Å². The van der Waals surface area contributed by atoms with Crippen LogP contribution in [-0.4, -0.2) is 25.9 Å². The van der Waals surface area contributed by atoms with Gasteiger partial charge in [0.1, 0.15) is 5.82 Å². The molecule has 0 saturated carbocycles. The predicted octanol–water partition coefficient (Wildman–Crippen LogP) is 19.4. The number of anilines is 5. The van der Waals surface area contributed by atoms with Gasteiger partial charge in [-0.15, -0.1) is 0 Å². The first-order chi connectivity index (χ1) is 46.4. The highest BCUT2D eigenvalue weighted by atomic mass is 32.2. The standard InChI is InChI=1S/C25H23N3OS2.C19H20N2S.C18H16FNOS.C18H18N2OS/c1-16-4-7-18(8-5-16)26-25(30)27-19-9-11-20(12-10-19)31-23-15-24(29)28(3)22-13-6-17(2)14-21(22)23;1-4-14-5-10-18-17(12-14)19(11-13(2)21(18)3)22-16-8-6-15(20)7-9-16;2*1-11-8-15-16(9-12(11)2)20(3)18(21)10-17(15)22-14-6-4-13(19)5-7-14/h4-15H,1-3H3,(H2,26,27,30);5-12H,2,4,20H2,1,3H3;4-10H,1-3H3;4-10H,19H2,1-3H3. The van der Waals surface area contributed by atoms with Crippen molar-refractivity contribution in [2.45, 2.75) is 89.2 Å². The average molecular weight is 1380 g/mol. The van der Waals surface area contributed by atoms with E-state index in [1.807, 2.05) is 124 Å². The molecular formula is C80H77FN8O3S5. The number of benzene rings is 9. The molecule has 1 aliphatic rings. The van der Waals surface area contributed by atoms with E-state index < -0.39 is 0 Å². The molecule has 0 spiro atoms. The largest absolute Gasteiger partial charge is 0.399 e. The Morgan fingerprint density at radius 3 is 1.32 bits per heavy atom. The molecule has 17 heteroatoms. The van der Waals surface area contributed by atoms with Gasteiger partial charge in [0.2, 0.25) is 0 Å². The van der Waals surface area contributed by atoms with E-state index in [4.69, 9.17) is 23.7 Å². The molecule has 0 bridgehead atoms. The lowest BCUT2D eigenvalue weighted by atomic mass is 10.0. The number of fused-ring (bicyclic) bond motifs is 4. The number of nitrogen functional groups attached to an aromatic ring is 2. The number of halogens is 1. The topological polar surface area (TPSA) is 145 Å². The van der Waals surface area contributed by atoms with Gasteiger partial charge in [-0.1, -0.05) is 95.9 Å². The second-order valence-corrected chi connectivity index (χ2v) is 28.7. The molecule has 0 saturated heterocycles. The van der Waals surface area contributed by atoms with Crippen LogP contribution in [0.4, 0.5) is 32.8 Å². The Kier molecular flexibility index (Phi) is 22.6. The van der Waals surface area contributed by atoms with Gasteiger partial charge in [0.25, 0.3) is 16.7 Å². The number of thiocarbonyl (C=S) groups is 1. The van der Waals surface area contributed by atoms with Crippen molar-refractivity contribution in [3.63, 3.8) is 0 Å². The van der Waals surface area contributed by atoms with E-state index in [0.29, 0.717) is 5.11 Å². The molecule has 0 amide bonds. The van der Waals surface area contributed by atoms with Gasteiger partial charge in [0.15, 0.2) is 5.11 Å². The molecule has 492 valence electrons. The van der Waals surface area contributed by atoms with Crippen molar-refractivity contribution >= 4 is 130 Å². The predicted molar refractivity (Wildman–Crippen MR) is 416 cm³/mol. The zero-order valence-electron chi connectivity index (χ0n) is 56.1. The SMILES string of the molecule is C=C1C=C(Sc2ccc(N)cc2)c2cc(CC)ccc2N1C.Cc1cc2c(Sc3ccc(F)cc3)cc(=O)n(C)c2cc1C.Cc1cc2c(Sc3ccc(N)cc3)cc(=O)n(C)c2cc1C.Cc1ccc(NC(=S)Nc2ccc(Sc3cc(=O)n(C)c4ccc(C)cc34)cc2)cc1. The Morgan fingerprint density at radius 1 is 0.464 bits per heavy atom. The number of aryl methyl sites for hydroxylation is 10. The van der Waals surface area contributed by atoms with Crippen molar-refractivity contribution in [2.24, 2.45) is 21.1 Å². The number of aromatic nitrogens is 3. The highest BCUT2D eigenvalue weighted by Crippen LogP contribution is 2.44. The lowest BCUT2D eigenvalue weighted by molar-refractivity contribution is 0.626. The fourth-order valence-corrected chi connectivity index (χ4v) is 14.7. The molecule has 0 unspecified atom stereocenters. The normalized spacial score (nSPS) is 11.6. The smallest absolute Gasteiger partial charge is 0.251 e. The van der Waals surface area contributed by atoms with Crippen molar-refractivity contribution in [2.75, 3.05) is 34.0 Å². The van der Waals surface area contributed by atoms with Gasteiger partial charge in [-0.05, 0) is 252 Å². The number of nitrogens with one attached hydrogen (secondary N) is 2. The molecule has 97 heavy (non-hydrogen) atoms. The lowest BCUT2D eigenvalue weighted by Gasteiger charge is -2.29. The van der Waals surface area contributed by atoms with Crippen LogP contribution in [-0.2, 0) is 27.6 Å². The number of allylic oxidation sites excluding steroid dienone is 1. The lowest BCUT2D eigenvalue weighted by Crippen LogP contribution is -2.19. The van der Waals surface area contributed by atoms with Gasteiger partial charge in [0, 0.05) is 141 Å². The van der Waals surface area contributed by atoms with Crippen LogP contribution in [0.3, 0.4) is 0 Å². The van der Waals surface area contributed by atoms with Crippen LogP contribution in [0, 0.1) is 47.4 Å². The van der Waals surface area contributed by atoms with Crippen LogP contribution in [0.5, 0.6) is 0 Å². The summed E-state index contributed by atoms with van der Waals surface area (Å²) in [5, 5.41) is 10.2. The molecule has 13 rings (SSSR count). The van der Waals surface area contributed by atoms with Crippen LogP contribution in [0.1, 0.15) is 51.4 Å². The third-order valence-corrected chi connectivity index (χ3v) is 21.2. The third-order valence-electron chi connectivity index (χ3n) is 16.7. The zero-order chi connectivity index (χ0) is 69.4. The van der Waals surface area contributed by atoms with Crippen molar-refractivity contribution < 1.29 is 4.39 Å². The van der Waals surface area contributed by atoms with E-state index in [-0.39, 0.29) is 22.5 Å². The maximum atomic E-state index is 13.0. The van der Waals surface area contributed by atoms with Gasteiger partial charge in [-0.25, -0.2) is 4.39 Å². The first-order valence-electron chi connectivity index (χ1n) is 31.4. The summed E-state index contributed by atoms with van der Waals surface area (Å²) in [6.45, 7) is 18.7. The highest BCUT2D eigenvalue weighted by molar-refractivity contribution is 8.08. The second kappa shape index (κ2) is 31.1. The Balaban J connectivity index is 0.000000142. The minimum atomic E-state index is -0.260. The van der Waals surface area contributed by atoms with Crippen LogP contribution in [0.15, 0.2) is 267 Å². The second-order valence-electron chi connectivity index (χ2n) is 23.9. The number of hydrogen-bond acceptors (Lipinski definition) is 11. The van der Waals surface area contributed by atoms with Crippen molar-refractivity contribution in [1.29, 1.82) is 0 Å². The molecule has 12 aromatic rings. The van der Waals surface area contributed by atoms with E-state index in [0.717, 1.165) is 103 Å². The number of hydrogen-bond donors (Lipinski definition) is 4. The molecular weight excluding hydrogens is 1300 g/mol. The Labute approximate surface area is 588 Å². The number of nitrogens with zero attached hydrogens (tertiary/aromatic N) is 4. The molecule has 9 aromatic carbocycles. The summed E-state index contributed by atoms with van der Waals surface area (Å²) in [5.41, 5.74) is 29.6. The zero-order valence-corrected chi connectivity index (χ0v) is 60.2. The Hall–Kier alpha value is -9.49. The number of likely N-dealkylation sites (N-methyl/N-ethyl adjacent to an activating group) is 1. The summed E-state index contributed by atoms with van der Waals surface area (Å²) in [6, 6.07) is 64.4. The first-order valence-corrected chi connectivity index (χ1v) is 35.1. The molecule has 3 aromatic heterocycles. The Morgan fingerprint density at radius 2 is 0.856 bits per heavy atom. The van der Waals surface area contributed by atoms with Crippen molar-refractivity contribution in [3.8, 4) is 0 Å². The molecule has 0 aliphatic carbocycles. The van der Waals surface area contributed by atoms with E-state index in [2.05, 4.69) is 131 Å². The number of rotatable bonds is 11.